The van der Waals surface area contributed by atoms with Gasteiger partial charge in [0.05, 0.1) is 23.0 Å². The first-order chi connectivity index (χ1) is 13.9. The fourth-order valence-corrected chi connectivity index (χ4v) is 3.84. The molecule has 1 aromatic carbocycles. The number of imide groups is 1. The zero-order chi connectivity index (χ0) is 21.0. The second-order valence-corrected chi connectivity index (χ2v) is 7.66. The van der Waals surface area contributed by atoms with Gasteiger partial charge in [0.15, 0.2) is 0 Å². The van der Waals surface area contributed by atoms with Crippen LogP contribution in [-0.2, 0) is 16.1 Å². The van der Waals surface area contributed by atoms with E-state index in [1.807, 2.05) is 0 Å². The van der Waals surface area contributed by atoms with Crippen LogP contribution in [0.5, 0.6) is 5.75 Å². The summed E-state index contributed by atoms with van der Waals surface area (Å²) in [6, 6.07) is 8.30. The predicted octanol–water partition coefficient (Wildman–Crippen LogP) is 4.63. The number of rotatable bonds is 7. The summed E-state index contributed by atoms with van der Waals surface area (Å²) < 4.78 is 16.1. The van der Waals surface area contributed by atoms with Gasteiger partial charge in [-0.15, -0.1) is 0 Å². The minimum Gasteiger partial charge on any atom is -0.488 e. The topological polar surface area (TPSA) is 86.1 Å². The van der Waals surface area contributed by atoms with Crippen molar-refractivity contribution in [1.82, 2.24) is 4.90 Å². The van der Waals surface area contributed by atoms with Crippen LogP contribution in [0.3, 0.4) is 0 Å². The number of hydrogen-bond donors (Lipinski definition) is 0. The van der Waals surface area contributed by atoms with Gasteiger partial charge < -0.3 is 13.9 Å². The van der Waals surface area contributed by atoms with Crippen LogP contribution >= 0.6 is 27.7 Å². The summed E-state index contributed by atoms with van der Waals surface area (Å²) in [5.41, 5.74) is 0.735. The first-order valence-corrected chi connectivity index (χ1v) is 9.99. The van der Waals surface area contributed by atoms with Crippen molar-refractivity contribution in [2.24, 2.45) is 0 Å². The molecule has 1 aliphatic rings. The smallest absolute Gasteiger partial charge is 0.373 e. The van der Waals surface area contributed by atoms with Crippen LogP contribution in [0, 0.1) is 0 Å². The third kappa shape index (κ3) is 4.80. The second kappa shape index (κ2) is 9.15. The molecule has 29 heavy (non-hydrogen) atoms. The number of halogens is 1. The van der Waals surface area contributed by atoms with Gasteiger partial charge in [0.1, 0.15) is 18.1 Å². The molecule has 2 heterocycles. The summed E-state index contributed by atoms with van der Waals surface area (Å²) in [7, 11) is 1.24. The number of benzene rings is 1. The molecule has 1 aromatic heterocycles. The lowest BCUT2D eigenvalue weighted by Crippen LogP contribution is -2.27. The van der Waals surface area contributed by atoms with Gasteiger partial charge in [0.2, 0.25) is 5.76 Å². The van der Waals surface area contributed by atoms with E-state index in [0.717, 1.165) is 26.7 Å². The van der Waals surface area contributed by atoms with E-state index in [1.165, 1.54) is 19.2 Å². The Morgan fingerprint density at radius 2 is 2.10 bits per heavy atom. The third-order valence-corrected chi connectivity index (χ3v) is 5.37. The van der Waals surface area contributed by atoms with Gasteiger partial charge in [-0.1, -0.05) is 18.7 Å². The first kappa shape index (κ1) is 20.9. The van der Waals surface area contributed by atoms with Crippen LogP contribution in [0.15, 0.2) is 56.8 Å². The number of carbonyl (C=O) groups is 3. The lowest BCUT2D eigenvalue weighted by atomic mass is 10.2. The molecule has 0 unspecified atom stereocenters. The summed E-state index contributed by atoms with van der Waals surface area (Å²) in [6.45, 7) is 3.91. The largest absolute Gasteiger partial charge is 0.488 e. The predicted molar refractivity (Wildman–Crippen MR) is 111 cm³/mol. The monoisotopic (exact) mass is 477 g/mol. The van der Waals surface area contributed by atoms with E-state index in [0.29, 0.717) is 23.0 Å². The maximum absolute atomic E-state index is 12.6. The maximum atomic E-state index is 12.6. The van der Waals surface area contributed by atoms with Crippen molar-refractivity contribution in [3.8, 4) is 5.75 Å². The van der Waals surface area contributed by atoms with Crippen molar-refractivity contribution < 1.29 is 28.3 Å². The second-order valence-electron chi connectivity index (χ2n) is 5.81. The van der Waals surface area contributed by atoms with Crippen molar-refractivity contribution in [2.75, 3.05) is 13.7 Å². The van der Waals surface area contributed by atoms with Gasteiger partial charge in [0.25, 0.3) is 11.1 Å². The standard InChI is InChI=1S/C20H16BrNO6S/c1-3-8-27-15-6-4-12(9-14(15)21)10-17-18(23)22(20(25)29-17)11-13-5-7-16(28-13)19(24)26-2/h3-7,9-10H,1,8,11H2,2H3/b17-10+. The van der Waals surface area contributed by atoms with Gasteiger partial charge in [-0.05, 0) is 63.6 Å². The quantitative estimate of drug-likeness (QED) is 0.326. The van der Waals surface area contributed by atoms with Crippen LogP contribution in [0.1, 0.15) is 21.9 Å². The Morgan fingerprint density at radius 3 is 2.79 bits per heavy atom. The van der Waals surface area contributed by atoms with Crippen molar-refractivity contribution in [3.63, 3.8) is 0 Å². The summed E-state index contributed by atoms with van der Waals surface area (Å²) >= 11 is 4.26. The summed E-state index contributed by atoms with van der Waals surface area (Å²) in [4.78, 5) is 37.7. The summed E-state index contributed by atoms with van der Waals surface area (Å²) in [6.07, 6.45) is 3.28. The molecular weight excluding hydrogens is 462 g/mol. The molecule has 150 valence electrons. The Kier molecular flexibility index (Phi) is 6.60. The zero-order valence-electron chi connectivity index (χ0n) is 15.3. The third-order valence-electron chi connectivity index (χ3n) is 3.85. The molecule has 0 radical (unpaired) electrons. The van der Waals surface area contributed by atoms with Crippen molar-refractivity contribution in [1.29, 1.82) is 0 Å². The van der Waals surface area contributed by atoms with E-state index < -0.39 is 17.1 Å². The Morgan fingerprint density at radius 1 is 1.31 bits per heavy atom. The molecular formula is C20H16BrNO6S. The van der Waals surface area contributed by atoms with E-state index in [9.17, 15) is 14.4 Å². The van der Waals surface area contributed by atoms with Gasteiger partial charge >= 0.3 is 5.97 Å². The van der Waals surface area contributed by atoms with E-state index in [-0.39, 0.29) is 12.3 Å². The van der Waals surface area contributed by atoms with Crippen LogP contribution < -0.4 is 4.74 Å². The summed E-state index contributed by atoms with van der Waals surface area (Å²) in [5, 5.41) is -0.415. The number of esters is 1. The van der Waals surface area contributed by atoms with Gasteiger partial charge in [-0.2, -0.15) is 0 Å². The highest BCUT2D eigenvalue weighted by molar-refractivity contribution is 9.10. The van der Waals surface area contributed by atoms with Gasteiger partial charge in [0, 0.05) is 0 Å². The molecule has 7 nitrogen and oxygen atoms in total. The molecule has 1 saturated heterocycles. The Hall–Kier alpha value is -2.78. The van der Waals surface area contributed by atoms with E-state index in [2.05, 4.69) is 27.2 Å². The van der Waals surface area contributed by atoms with Crippen molar-refractivity contribution >= 4 is 50.9 Å². The molecule has 3 rings (SSSR count). The molecule has 0 spiro atoms. The van der Waals surface area contributed by atoms with Crippen LogP contribution in [0.25, 0.3) is 6.08 Å². The lowest BCUT2D eigenvalue weighted by molar-refractivity contribution is -0.123. The maximum Gasteiger partial charge on any atom is 0.373 e. The van der Waals surface area contributed by atoms with Gasteiger partial charge in [-0.25, -0.2) is 4.79 Å². The number of nitrogens with zero attached hydrogens (tertiary/aromatic N) is 1. The number of thioether (sulfide) groups is 1. The number of furan rings is 1. The molecule has 0 N–H and O–H groups in total. The number of methoxy groups -OCH3 is 1. The fraction of sp³-hybridized carbons (Fsp3) is 0.150. The van der Waals surface area contributed by atoms with E-state index in [4.69, 9.17) is 9.15 Å². The average Bonchev–Trinajstić information content (AvgIpc) is 3.27. The molecule has 2 amide bonds. The van der Waals surface area contributed by atoms with Crippen LogP contribution in [0.2, 0.25) is 0 Å². The molecule has 0 saturated carbocycles. The molecule has 9 heteroatoms. The molecule has 1 fully saturated rings. The van der Waals surface area contributed by atoms with Crippen molar-refractivity contribution in [3.05, 3.63) is 69.4 Å². The van der Waals surface area contributed by atoms with Crippen LogP contribution in [-0.4, -0.2) is 35.7 Å². The molecule has 0 aliphatic carbocycles. The number of ether oxygens (including phenoxy) is 2. The van der Waals surface area contributed by atoms with Gasteiger partial charge in [-0.3, -0.25) is 14.5 Å². The van der Waals surface area contributed by atoms with Crippen LogP contribution in [0.4, 0.5) is 4.79 Å². The molecule has 2 aromatic rings. The molecule has 0 bridgehead atoms. The zero-order valence-corrected chi connectivity index (χ0v) is 17.7. The highest BCUT2D eigenvalue weighted by atomic mass is 79.9. The Labute approximate surface area is 179 Å². The minimum atomic E-state index is -0.628. The normalized spacial score (nSPS) is 15.1. The highest BCUT2D eigenvalue weighted by Crippen LogP contribution is 2.35. The van der Waals surface area contributed by atoms with Crippen molar-refractivity contribution in [2.45, 2.75) is 6.54 Å². The molecule has 0 atom stereocenters. The first-order valence-electron chi connectivity index (χ1n) is 8.38. The lowest BCUT2D eigenvalue weighted by Gasteiger charge is -2.10. The average molecular weight is 478 g/mol. The van der Waals surface area contributed by atoms with E-state index >= 15 is 0 Å². The van der Waals surface area contributed by atoms with E-state index in [1.54, 1.807) is 30.4 Å². The highest BCUT2D eigenvalue weighted by Gasteiger charge is 2.35. The molecule has 1 aliphatic heterocycles. The fourth-order valence-electron chi connectivity index (χ4n) is 2.49. The number of hydrogen-bond acceptors (Lipinski definition) is 7. The number of amides is 2. The Bertz CT molecular complexity index is 1010. The summed E-state index contributed by atoms with van der Waals surface area (Å²) in [5.74, 6) is -0.0982. The minimum absolute atomic E-state index is 0.00799. The Balaban J connectivity index is 1.74. The number of carbonyl (C=O) groups excluding carboxylic acids is 3. The SMILES string of the molecule is C=CCOc1ccc(/C=C2/SC(=O)N(Cc3ccc(C(=O)OC)o3)C2=O)cc1Br.